The Hall–Kier alpha value is -2.63. The van der Waals surface area contributed by atoms with Crippen LogP contribution in [0.5, 0.6) is 0 Å². The van der Waals surface area contributed by atoms with Gasteiger partial charge in [-0.25, -0.2) is 9.78 Å². The number of aromatic carboxylic acids is 1. The van der Waals surface area contributed by atoms with Crippen LogP contribution in [-0.4, -0.2) is 47.6 Å². The highest BCUT2D eigenvalue weighted by Gasteiger charge is 2.37. The van der Waals surface area contributed by atoms with Gasteiger partial charge in [-0.3, -0.25) is 19.8 Å². The second-order valence-corrected chi connectivity index (χ2v) is 6.32. The van der Waals surface area contributed by atoms with Crippen molar-refractivity contribution in [3.63, 3.8) is 0 Å². The van der Waals surface area contributed by atoms with E-state index in [-0.39, 0.29) is 13.0 Å². The SMILES string of the molecule is O=C(O)c1cnc(N2CC(CS(=O)(=O)F)CC2=O)c([N+](=O)[O-])c1. The highest BCUT2D eigenvalue weighted by molar-refractivity contribution is 7.86. The number of nitrogens with zero attached hydrogens (tertiary/aromatic N) is 3. The number of amides is 1. The van der Waals surface area contributed by atoms with Crippen molar-refractivity contribution in [2.75, 3.05) is 17.2 Å². The molecule has 0 aliphatic carbocycles. The lowest BCUT2D eigenvalue weighted by Crippen LogP contribution is -2.27. The van der Waals surface area contributed by atoms with Crippen molar-refractivity contribution in [2.24, 2.45) is 5.92 Å². The summed E-state index contributed by atoms with van der Waals surface area (Å²) >= 11 is 0. The van der Waals surface area contributed by atoms with Crippen LogP contribution in [0.2, 0.25) is 0 Å². The number of aromatic nitrogens is 1. The van der Waals surface area contributed by atoms with Gasteiger partial charge >= 0.3 is 21.9 Å². The number of carboxylic acid groups (broad SMARTS) is 1. The van der Waals surface area contributed by atoms with Crippen molar-refractivity contribution < 1.29 is 31.9 Å². The molecule has 1 unspecified atom stereocenters. The molecular weight excluding hydrogens is 337 g/mol. The van der Waals surface area contributed by atoms with E-state index in [0.717, 1.165) is 17.2 Å². The number of hydrogen-bond donors (Lipinski definition) is 1. The molecule has 1 aliphatic heterocycles. The Labute approximate surface area is 128 Å². The zero-order valence-electron chi connectivity index (χ0n) is 11.4. The molecule has 12 heteroatoms. The van der Waals surface area contributed by atoms with Gasteiger partial charge in [0.1, 0.15) is 0 Å². The molecule has 2 rings (SSSR count). The molecule has 1 aliphatic rings. The fourth-order valence-electron chi connectivity index (χ4n) is 2.28. The maximum Gasteiger partial charge on any atom is 0.337 e. The van der Waals surface area contributed by atoms with E-state index < -0.39 is 55.8 Å². The number of carbonyl (C=O) groups excluding carboxylic acids is 1. The monoisotopic (exact) mass is 347 g/mol. The summed E-state index contributed by atoms with van der Waals surface area (Å²) in [5, 5.41) is 19.9. The molecule has 0 bridgehead atoms. The van der Waals surface area contributed by atoms with Crippen LogP contribution in [0.15, 0.2) is 12.3 Å². The number of rotatable bonds is 5. The average Bonchev–Trinajstić information content (AvgIpc) is 2.76. The highest BCUT2D eigenvalue weighted by atomic mass is 32.3. The van der Waals surface area contributed by atoms with E-state index >= 15 is 0 Å². The Morgan fingerprint density at radius 1 is 1.57 bits per heavy atom. The standard InChI is InChI=1S/C11H10FN3O7S/c12-23(21,22)5-6-1-9(16)14(4-6)10-8(15(19)20)2-7(3-13-10)11(17)18/h2-3,6H,1,4-5H2,(H,17,18). The van der Waals surface area contributed by atoms with Crippen LogP contribution in [-0.2, 0) is 15.0 Å². The topological polar surface area (TPSA) is 148 Å². The fourth-order valence-corrected chi connectivity index (χ4v) is 3.07. The molecule has 1 saturated heterocycles. The Balaban J connectivity index is 2.36. The van der Waals surface area contributed by atoms with E-state index in [9.17, 15) is 32.0 Å². The number of hydrogen-bond acceptors (Lipinski definition) is 7. The average molecular weight is 347 g/mol. The molecule has 1 atom stereocenters. The van der Waals surface area contributed by atoms with Gasteiger partial charge in [-0.2, -0.15) is 8.42 Å². The molecule has 23 heavy (non-hydrogen) atoms. The molecule has 1 aromatic rings. The predicted octanol–water partition coefficient (Wildman–Crippen LogP) is 0.340. The molecule has 2 heterocycles. The third-order valence-electron chi connectivity index (χ3n) is 3.19. The third-order valence-corrected chi connectivity index (χ3v) is 4.06. The summed E-state index contributed by atoms with van der Waals surface area (Å²) in [7, 11) is -4.79. The second-order valence-electron chi connectivity index (χ2n) is 4.91. The summed E-state index contributed by atoms with van der Waals surface area (Å²) in [5.74, 6) is -4.23. The largest absolute Gasteiger partial charge is 0.478 e. The first-order valence-electron chi connectivity index (χ1n) is 6.19. The lowest BCUT2D eigenvalue weighted by molar-refractivity contribution is -0.384. The van der Waals surface area contributed by atoms with E-state index in [1.54, 1.807) is 0 Å². The summed E-state index contributed by atoms with van der Waals surface area (Å²) in [5.41, 5.74) is -1.14. The van der Waals surface area contributed by atoms with Gasteiger partial charge in [0.25, 0.3) is 0 Å². The number of halogens is 1. The third kappa shape index (κ3) is 3.77. The van der Waals surface area contributed by atoms with Gasteiger partial charge in [0.15, 0.2) is 0 Å². The number of nitro groups is 1. The zero-order valence-corrected chi connectivity index (χ0v) is 12.2. The molecule has 1 fully saturated rings. The molecule has 10 nitrogen and oxygen atoms in total. The quantitative estimate of drug-likeness (QED) is 0.455. The van der Waals surface area contributed by atoms with Crippen LogP contribution >= 0.6 is 0 Å². The Morgan fingerprint density at radius 3 is 2.74 bits per heavy atom. The molecule has 124 valence electrons. The Kier molecular flexibility index (Phi) is 4.27. The van der Waals surface area contributed by atoms with Gasteiger partial charge in [0.2, 0.25) is 11.7 Å². The molecule has 0 spiro atoms. The van der Waals surface area contributed by atoms with E-state index in [2.05, 4.69) is 4.98 Å². The lowest BCUT2D eigenvalue weighted by atomic mass is 10.1. The van der Waals surface area contributed by atoms with Crippen LogP contribution in [0.25, 0.3) is 0 Å². The van der Waals surface area contributed by atoms with E-state index in [4.69, 9.17) is 5.11 Å². The summed E-state index contributed by atoms with van der Waals surface area (Å²) in [4.78, 5) is 37.4. The normalized spacial score (nSPS) is 18.2. The highest BCUT2D eigenvalue weighted by Crippen LogP contribution is 2.32. The fraction of sp³-hybridized carbons (Fsp3) is 0.364. The van der Waals surface area contributed by atoms with Gasteiger partial charge in [0.05, 0.1) is 16.2 Å². The van der Waals surface area contributed by atoms with Gasteiger partial charge in [-0.1, -0.05) is 0 Å². The number of anilines is 1. The van der Waals surface area contributed by atoms with Crippen molar-refractivity contribution in [3.05, 3.63) is 27.9 Å². The summed E-state index contributed by atoms with van der Waals surface area (Å²) < 4.78 is 34.0. The predicted molar refractivity (Wildman–Crippen MR) is 73.2 cm³/mol. The number of carboxylic acids is 1. The van der Waals surface area contributed by atoms with Crippen molar-refractivity contribution in [3.8, 4) is 0 Å². The Morgan fingerprint density at radius 2 is 2.22 bits per heavy atom. The maximum absolute atomic E-state index is 12.7. The van der Waals surface area contributed by atoms with Crippen LogP contribution in [0.1, 0.15) is 16.8 Å². The summed E-state index contributed by atoms with van der Waals surface area (Å²) in [6.45, 7) is -0.262. The van der Waals surface area contributed by atoms with E-state index in [1.807, 2.05) is 0 Å². The first kappa shape index (κ1) is 16.7. The smallest absolute Gasteiger partial charge is 0.337 e. The molecule has 0 aromatic carbocycles. The van der Waals surface area contributed by atoms with Crippen molar-refractivity contribution >= 4 is 33.6 Å². The van der Waals surface area contributed by atoms with Gasteiger partial charge < -0.3 is 5.11 Å². The van der Waals surface area contributed by atoms with Crippen molar-refractivity contribution in [1.29, 1.82) is 0 Å². The maximum atomic E-state index is 12.7. The molecular formula is C11H10FN3O7S. The minimum absolute atomic E-state index is 0.262. The van der Waals surface area contributed by atoms with Crippen LogP contribution in [0.4, 0.5) is 15.4 Å². The van der Waals surface area contributed by atoms with Crippen molar-refractivity contribution in [2.45, 2.75) is 6.42 Å². The van der Waals surface area contributed by atoms with Crippen LogP contribution in [0.3, 0.4) is 0 Å². The molecule has 1 amide bonds. The Bertz CT molecular complexity index is 795. The van der Waals surface area contributed by atoms with Gasteiger partial charge in [-0.15, -0.1) is 3.89 Å². The van der Waals surface area contributed by atoms with Gasteiger partial charge in [0, 0.05) is 31.1 Å². The molecule has 1 aromatic heterocycles. The van der Waals surface area contributed by atoms with Gasteiger partial charge in [-0.05, 0) is 0 Å². The van der Waals surface area contributed by atoms with Crippen LogP contribution < -0.4 is 4.90 Å². The first-order chi connectivity index (χ1) is 10.6. The van der Waals surface area contributed by atoms with Crippen LogP contribution in [0, 0.1) is 16.0 Å². The zero-order chi connectivity index (χ0) is 17.4. The molecule has 0 saturated carbocycles. The van der Waals surface area contributed by atoms with Crippen molar-refractivity contribution in [1.82, 2.24) is 4.98 Å². The minimum atomic E-state index is -4.79. The molecule has 0 radical (unpaired) electrons. The van der Waals surface area contributed by atoms with E-state index in [1.165, 1.54) is 0 Å². The molecule has 1 N–H and O–H groups in total. The lowest BCUT2D eigenvalue weighted by Gasteiger charge is -2.15. The first-order valence-corrected chi connectivity index (χ1v) is 7.74. The summed E-state index contributed by atoms with van der Waals surface area (Å²) in [6.07, 6.45) is 0.542. The summed E-state index contributed by atoms with van der Waals surface area (Å²) in [6, 6.07) is 0.747. The number of pyridine rings is 1. The second kappa shape index (κ2) is 5.87. The number of carbonyl (C=O) groups is 2. The van der Waals surface area contributed by atoms with E-state index in [0.29, 0.717) is 0 Å². The minimum Gasteiger partial charge on any atom is -0.478 e.